The average Bonchev–Trinajstić information content (AvgIpc) is 2.35. The monoisotopic (exact) mass is 309 g/mol. The van der Waals surface area contributed by atoms with Crippen LogP contribution in [-0.2, 0) is 17.0 Å². The molecule has 20 heavy (non-hydrogen) atoms. The van der Waals surface area contributed by atoms with Crippen molar-refractivity contribution < 1.29 is 17.4 Å². The lowest BCUT2D eigenvalue weighted by Gasteiger charge is -2.14. The third-order valence-corrected chi connectivity index (χ3v) is 3.95. The van der Waals surface area contributed by atoms with Gasteiger partial charge < -0.3 is 10.6 Å². The molecule has 0 saturated carbocycles. The van der Waals surface area contributed by atoms with Gasteiger partial charge in [0.15, 0.2) is 0 Å². The van der Waals surface area contributed by atoms with E-state index in [2.05, 4.69) is 15.6 Å². The fraction of sp³-hybridized carbons (Fsp3) is 0.583. The molecule has 1 heterocycles. The molecule has 0 spiro atoms. The Labute approximate surface area is 118 Å². The summed E-state index contributed by atoms with van der Waals surface area (Å²) in [6.07, 6.45) is -2.88. The van der Waals surface area contributed by atoms with E-state index >= 15 is 0 Å². The molecule has 0 bridgehead atoms. The van der Waals surface area contributed by atoms with Gasteiger partial charge in [-0.3, -0.25) is 4.21 Å². The minimum absolute atomic E-state index is 0.119. The second-order valence-electron chi connectivity index (χ2n) is 4.34. The summed E-state index contributed by atoms with van der Waals surface area (Å²) in [4.78, 5) is 4.05. The van der Waals surface area contributed by atoms with Crippen LogP contribution in [-0.4, -0.2) is 33.8 Å². The third-order valence-electron chi connectivity index (χ3n) is 2.65. The summed E-state index contributed by atoms with van der Waals surface area (Å²) >= 11 is 0. The summed E-state index contributed by atoms with van der Waals surface area (Å²) in [5.74, 6) is 0.281. The van der Waals surface area contributed by atoms with Gasteiger partial charge in [0.1, 0.15) is 11.6 Å². The van der Waals surface area contributed by atoms with E-state index in [0.717, 1.165) is 12.1 Å². The zero-order valence-corrected chi connectivity index (χ0v) is 12.4. The van der Waals surface area contributed by atoms with Crippen LogP contribution in [0.15, 0.2) is 12.1 Å². The lowest BCUT2D eigenvalue weighted by molar-refractivity contribution is -0.137. The predicted molar refractivity (Wildman–Crippen MR) is 75.4 cm³/mol. The number of pyridine rings is 1. The van der Waals surface area contributed by atoms with Crippen molar-refractivity contribution in [3.05, 3.63) is 17.7 Å². The molecule has 8 heteroatoms. The number of nitrogens with zero attached hydrogens (tertiary/aromatic N) is 1. The summed E-state index contributed by atoms with van der Waals surface area (Å²) in [5.41, 5.74) is -0.767. The van der Waals surface area contributed by atoms with Crippen molar-refractivity contribution in [2.75, 3.05) is 30.0 Å². The van der Waals surface area contributed by atoms with Crippen molar-refractivity contribution in [2.24, 2.45) is 0 Å². The van der Waals surface area contributed by atoms with E-state index in [-0.39, 0.29) is 16.9 Å². The van der Waals surface area contributed by atoms with Gasteiger partial charge in [-0.2, -0.15) is 13.2 Å². The van der Waals surface area contributed by atoms with Gasteiger partial charge in [0, 0.05) is 35.4 Å². The largest absolute Gasteiger partial charge is 0.416 e. The third kappa shape index (κ3) is 4.99. The molecule has 0 aliphatic rings. The SMILES string of the molecule is CCNc1cc(C(F)(F)F)cc(NCC(C)S(C)=O)n1. The molecule has 114 valence electrons. The molecule has 1 rings (SSSR count). The molecule has 0 aliphatic carbocycles. The second kappa shape index (κ2) is 6.92. The molecule has 0 fully saturated rings. The maximum atomic E-state index is 12.8. The van der Waals surface area contributed by atoms with Crippen LogP contribution in [0, 0.1) is 0 Å². The minimum Gasteiger partial charge on any atom is -0.370 e. The molecule has 2 N–H and O–H groups in total. The standard InChI is InChI=1S/C12H18F3N3OS/c1-4-16-10-5-9(12(13,14)15)6-11(18-10)17-7-8(2)20(3)19/h5-6,8H,4,7H2,1-3H3,(H2,16,17,18). The van der Waals surface area contributed by atoms with Crippen molar-refractivity contribution in [2.45, 2.75) is 25.3 Å². The smallest absolute Gasteiger partial charge is 0.370 e. The fourth-order valence-electron chi connectivity index (χ4n) is 1.42. The molecule has 0 aromatic carbocycles. The zero-order valence-electron chi connectivity index (χ0n) is 11.5. The van der Waals surface area contributed by atoms with Crippen LogP contribution in [0.5, 0.6) is 0 Å². The van der Waals surface area contributed by atoms with Crippen LogP contribution in [0.1, 0.15) is 19.4 Å². The van der Waals surface area contributed by atoms with Crippen LogP contribution in [0.3, 0.4) is 0 Å². The average molecular weight is 309 g/mol. The predicted octanol–water partition coefficient (Wildman–Crippen LogP) is 2.71. The van der Waals surface area contributed by atoms with E-state index in [1.54, 1.807) is 20.1 Å². The first-order chi connectivity index (χ1) is 9.24. The van der Waals surface area contributed by atoms with Crippen LogP contribution < -0.4 is 10.6 Å². The Kier molecular flexibility index (Phi) is 5.79. The van der Waals surface area contributed by atoms with Crippen molar-refractivity contribution in [1.82, 2.24) is 4.98 Å². The summed E-state index contributed by atoms with van der Waals surface area (Å²) < 4.78 is 49.6. The molecule has 2 unspecified atom stereocenters. The number of anilines is 2. The van der Waals surface area contributed by atoms with Gasteiger partial charge in [0.05, 0.1) is 5.56 Å². The first-order valence-corrected chi connectivity index (χ1v) is 7.75. The van der Waals surface area contributed by atoms with Crippen LogP contribution in [0.4, 0.5) is 24.8 Å². The Balaban J connectivity index is 2.94. The van der Waals surface area contributed by atoms with Gasteiger partial charge in [0.25, 0.3) is 0 Å². The molecule has 4 nitrogen and oxygen atoms in total. The lowest BCUT2D eigenvalue weighted by atomic mass is 10.2. The summed E-state index contributed by atoms with van der Waals surface area (Å²) in [6.45, 7) is 4.30. The van der Waals surface area contributed by atoms with Crippen molar-refractivity contribution in [3.63, 3.8) is 0 Å². The lowest BCUT2D eigenvalue weighted by Crippen LogP contribution is -2.21. The maximum absolute atomic E-state index is 12.8. The quantitative estimate of drug-likeness (QED) is 0.848. The Hall–Kier alpha value is -1.31. The number of halogens is 3. The molecule has 1 aromatic heterocycles. The number of hydrogen-bond acceptors (Lipinski definition) is 4. The number of nitrogens with one attached hydrogen (secondary N) is 2. The summed E-state index contributed by atoms with van der Waals surface area (Å²) in [6, 6.07) is 1.92. The Morgan fingerprint density at radius 3 is 2.30 bits per heavy atom. The fourth-order valence-corrected chi connectivity index (χ4v) is 1.74. The number of hydrogen-bond donors (Lipinski definition) is 2. The highest BCUT2D eigenvalue weighted by Gasteiger charge is 2.31. The van der Waals surface area contributed by atoms with E-state index in [0.29, 0.717) is 13.1 Å². The maximum Gasteiger partial charge on any atom is 0.416 e. The number of alkyl halides is 3. The van der Waals surface area contributed by atoms with Gasteiger partial charge in [-0.05, 0) is 26.0 Å². The first-order valence-electron chi connectivity index (χ1n) is 6.13. The second-order valence-corrected chi connectivity index (χ2v) is 6.15. The molecule has 0 saturated heterocycles. The highest BCUT2D eigenvalue weighted by Crippen LogP contribution is 2.32. The molecule has 1 aromatic rings. The van der Waals surface area contributed by atoms with E-state index in [4.69, 9.17) is 0 Å². The van der Waals surface area contributed by atoms with E-state index in [1.807, 2.05) is 0 Å². The highest BCUT2D eigenvalue weighted by atomic mass is 32.2. The van der Waals surface area contributed by atoms with E-state index < -0.39 is 22.5 Å². The molecule has 2 atom stereocenters. The molecular weight excluding hydrogens is 291 g/mol. The van der Waals surface area contributed by atoms with Gasteiger partial charge in [-0.15, -0.1) is 0 Å². The van der Waals surface area contributed by atoms with E-state index in [1.165, 1.54) is 0 Å². The summed E-state index contributed by atoms with van der Waals surface area (Å²) in [7, 11) is -1.04. The van der Waals surface area contributed by atoms with Crippen molar-refractivity contribution >= 4 is 22.4 Å². The molecule has 0 radical (unpaired) electrons. The number of rotatable bonds is 6. The normalized spacial score (nSPS) is 14.7. The topological polar surface area (TPSA) is 54.0 Å². The van der Waals surface area contributed by atoms with Crippen LogP contribution in [0.25, 0.3) is 0 Å². The summed E-state index contributed by atoms with van der Waals surface area (Å²) in [5, 5.41) is 5.38. The van der Waals surface area contributed by atoms with Crippen LogP contribution >= 0.6 is 0 Å². The van der Waals surface area contributed by atoms with Gasteiger partial charge in [0.2, 0.25) is 0 Å². The van der Waals surface area contributed by atoms with Crippen LogP contribution in [0.2, 0.25) is 0 Å². The molecular formula is C12H18F3N3OS. The highest BCUT2D eigenvalue weighted by molar-refractivity contribution is 7.84. The molecule has 0 aliphatic heterocycles. The van der Waals surface area contributed by atoms with Gasteiger partial charge in [-0.25, -0.2) is 4.98 Å². The van der Waals surface area contributed by atoms with Crippen molar-refractivity contribution in [1.29, 1.82) is 0 Å². The van der Waals surface area contributed by atoms with Crippen molar-refractivity contribution in [3.8, 4) is 0 Å². The Bertz CT molecular complexity index is 480. The van der Waals surface area contributed by atoms with Gasteiger partial charge in [-0.1, -0.05) is 0 Å². The minimum atomic E-state index is -4.43. The Morgan fingerprint density at radius 1 is 1.30 bits per heavy atom. The number of aromatic nitrogens is 1. The van der Waals surface area contributed by atoms with Gasteiger partial charge >= 0.3 is 6.18 Å². The first kappa shape index (κ1) is 16.7. The zero-order chi connectivity index (χ0) is 15.3. The van der Waals surface area contributed by atoms with E-state index in [9.17, 15) is 17.4 Å². The Morgan fingerprint density at radius 2 is 1.85 bits per heavy atom. The molecule has 0 amide bonds.